The fourth-order valence-electron chi connectivity index (χ4n) is 2.17. The summed E-state index contributed by atoms with van der Waals surface area (Å²) in [6.45, 7) is 4.84. The summed E-state index contributed by atoms with van der Waals surface area (Å²) < 4.78 is 0. The molecule has 0 aromatic heterocycles. The van der Waals surface area contributed by atoms with Gasteiger partial charge in [0.15, 0.2) is 0 Å². The molecule has 0 aliphatic carbocycles. The molecule has 1 aromatic carbocycles. The molecule has 0 radical (unpaired) electrons. The molecule has 0 spiro atoms. The normalized spacial score (nSPS) is 15.0. The molecule has 0 saturated carbocycles. The minimum Gasteiger partial charge on any atom is -0.384 e. The average Bonchev–Trinajstić information content (AvgIpc) is 2.89. The Balaban J connectivity index is 2.15. The highest BCUT2D eigenvalue weighted by molar-refractivity contribution is 5.99. The molecule has 1 amide bonds. The van der Waals surface area contributed by atoms with E-state index in [0.29, 0.717) is 0 Å². The summed E-state index contributed by atoms with van der Waals surface area (Å²) in [6, 6.07) is 7.80. The fourth-order valence-corrected chi connectivity index (χ4v) is 2.17. The largest absolute Gasteiger partial charge is 0.384 e. The van der Waals surface area contributed by atoms with Gasteiger partial charge in [0.1, 0.15) is 0 Å². The third-order valence-corrected chi connectivity index (χ3v) is 3.12. The Morgan fingerprint density at radius 1 is 1.29 bits per heavy atom. The van der Waals surface area contributed by atoms with Crippen molar-refractivity contribution in [2.75, 3.05) is 25.0 Å². The van der Waals surface area contributed by atoms with Crippen LogP contribution in [0.3, 0.4) is 0 Å². The molecule has 0 unspecified atom stereocenters. The third kappa shape index (κ3) is 2.78. The standard InChI is InChI=1S/C14H20N2O/c1-2-9-15-13-8-4-3-7-12(13)14(17)16-10-5-6-11-16/h3-4,7-8,15H,2,5-6,9-11H2,1H3. The van der Waals surface area contributed by atoms with Crippen molar-refractivity contribution < 1.29 is 4.79 Å². The Labute approximate surface area is 103 Å². The van der Waals surface area contributed by atoms with Crippen LogP contribution in [0.15, 0.2) is 24.3 Å². The maximum atomic E-state index is 12.3. The summed E-state index contributed by atoms with van der Waals surface area (Å²) in [5, 5.41) is 3.32. The zero-order valence-corrected chi connectivity index (χ0v) is 10.4. The van der Waals surface area contributed by atoms with E-state index in [9.17, 15) is 4.79 Å². The van der Waals surface area contributed by atoms with Gasteiger partial charge in [0.2, 0.25) is 0 Å². The minimum atomic E-state index is 0.168. The van der Waals surface area contributed by atoms with Crippen LogP contribution in [-0.4, -0.2) is 30.4 Å². The second-order valence-corrected chi connectivity index (χ2v) is 4.47. The second-order valence-electron chi connectivity index (χ2n) is 4.47. The van der Waals surface area contributed by atoms with Gasteiger partial charge in [-0.25, -0.2) is 0 Å². The van der Waals surface area contributed by atoms with Crippen molar-refractivity contribution >= 4 is 11.6 Å². The van der Waals surface area contributed by atoms with Crippen LogP contribution in [0, 0.1) is 0 Å². The lowest BCUT2D eigenvalue weighted by atomic mass is 10.1. The van der Waals surface area contributed by atoms with Gasteiger partial charge < -0.3 is 10.2 Å². The van der Waals surface area contributed by atoms with Crippen molar-refractivity contribution in [3.8, 4) is 0 Å². The SMILES string of the molecule is CCCNc1ccccc1C(=O)N1CCCC1. The van der Waals surface area contributed by atoms with Crippen molar-refractivity contribution in [2.24, 2.45) is 0 Å². The number of amides is 1. The topological polar surface area (TPSA) is 32.3 Å². The first-order valence-electron chi connectivity index (χ1n) is 6.45. The van der Waals surface area contributed by atoms with Crippen LogP contribution in [0.2, 0.25) is 0 Å². The molecule has 17 heavy (non-hydrogen) atoms. The predicted octanol–water partition coefficient (Wildman–Crippen LogP) is 2.74. The van der Waals surface area contributed by atoms with Gasteiger partial charge in [-0.15, -0.1) is 0 Å². The highest BCUT2D eigenvalue weighted by Gasteiger charge is 2.21. The van der Waals surface area contributed by atoms with Crippen LogP contribution in [0.4, 0.5) is 5.69 Å². The van der Waals surface area contributed by atoms with Crippen molar-refractivity contribution in [2.45, 2.75) is 26.2 Å². The van der Waals surface area contributed by atoms with Crippen molar-refractivity contribution in [1.29, 1.82) is 0 Å². The van der Waals surface area contributed by atoms with Crippen molar-refractivity contribution in [1.82, 2.24) is 4.90 Å². The number of benzene rings is 1. The molecule has 1 N–H and O–H groups in total. The summed E-state index contributed by atoms with van der Waals surface area (Å²) in [6.07, 6.45) is 3.33. The molecule has 1 heterocycles. The number of para-hydroxylation sites is 1. The van der Waals surface area contributed by atoms with Gasteiger partial charge in [-0.1, -0.05) is 19.1 Å². The van der Waals surface area contributed by atoms with E-state index >= 15 is 0 Å². The second kappa shape index (κ2) is 5.71. The number of carbonyl (C=O) groups excluding carboxylic acids is 1. The smallest absolute Gasteiger partial charge is 0.255 e. The van der Waals surface area contributed by atoms with Crippen molar-refractivity contribution in [3.05, 3.63) is 29.8 Å². The van der Waals surface area contributed by atoms with Gasteiger partial charge in [0.25, 0.3) is 5.91 Å². The molecule has 0 atom stereocenters. The van der Waals surface area contributed by atoms with Crippen LogP contribution in [-0.2, 0) is 0 Å². The maximum absolute atomic E-state index is 12.3. The van der Waals surface area contributed by atoms with Crippen LogP contribution in [0.25, 0.3) is 0 Å². The summed E-state index contributed by atoms with van der Waals surface area (Å²) in [7, 11) is 0. The first-order valence-corrected chi connectivity index (χ1v) is 6.45. The molecule has 2 rings (SSSR count). The molecule has 1 aliphatic rings. The highest BCUT2D eigenvalue weighted by atomic mass is 16.2. The number of anilines is 1. The van der Waals surface area contributed by atoms with E-state index in [1.807, 2.05) is 29.2 Å². The molecule has 1 aliphatic heterocycles. The Morgan fingerprint density at radius 2 is 2.00 bits per heavy atom. The van der Waals surface area contributed by atoms with Gasteiger partial charge in [-0.3, -0.25) is 4.79 Å². The number of hydrogen-bond donors (Lipinski definition) is 1. The van der Waals surface area contributed by atoms with Crippen LogP contribution in [0.5, 0.6) is 0 Å². The fraction of sp³-hybridized carbons (Fsp3) is 0.500. The zero-order valence-electron chi connectivity index (χ0n) is 10.4. The van der Waals surface area contributed by atoms with E-state index in [2.05, 4.69) is 12.2 Å². The average molecular weight is 232 g/mol. The van der Waals surface area contributed by atoms with Crippen molar-refractivity contribution in [3.63, 3.8) is 0 Å². The third-order valence-electron chi connectivity index (χ3n) is 3.12. The lowest BCUT2D eigenvalue weighted by Crippen LogP contribution is -2.28. The molecule has 92 valence electrons. The van der Waals surface area contributed by atoms with Gasteiger partial charge in [0, 0.05) is 25.3 Å². The van der Waals surface area contributed by atoms with E-state index in [0.717, 1.165) is 50.1 Å². The van der Waals surface area contributed by atoms with Crippen LogP contribution >= 0.6 is 0 Å². The molecule has 1 fully saturated rings. The predicted molar refractivity (Wildman–Crippen MR) is 70.4 cm³/mol. The number of nitrogens with zero attached hydrogens (tertiary/aromatic N) is 1. The Kier molecular flexibility index (Phi) is 4.02. The zero-order chi connectivity index (χ0) is 12.1. The number of carbonyl (C=O) groups is 1. The molecule has 0 bridgehead atoms. The van der Waals surface area contributed by atoms with E-state index < -0.39 is 0 Å². The summed E-state index contributed by atoms with van der Waals surface area (Å²) in [5.74, 6) is 0.168. The van der Waals surface area contributed by atoms with Gasteiger partial charge >= 0.3 is 0 Å². The molecule has 3 nitrogen and oxygen atoms in total. The Hall–Kier alpha value is -1.51. The van der Waals surface area contributed by atoms with Gasteiger partial charge in [0.05, 0.1) is 5.56 Å². The summed E-state index contributed by atoms with van der Waals surface area (Å²) in [4.78, 5) is 14.3. The molecular weight excluding hydrogens is 212 g/mol. The molecule has 1 aromatic rings. The van der Waals surface area contributed by atoms with E-state index in [1.165, 1.54) is 0 Å². The number of hydrogen-bond acceptors (Lipinski definition) is 2. The van der Waals surface area contributed by atoms with Crippen LogP contribution < -0.4 is 5.32 Å². The molecule has 3 heteroatoms. The summed E-state index contributed by atoms with van der Waals surface area (Å²) in [5.41, 5.74) is 1.77. The number of rotatable bonds is 4. The Bertz CT molecular complexity index is 384. The van der Waals surface area contributed by atoms with Gasteiger partial charge in [-0.05, 0) is 31.4 Å². The van der Waals surface area contributed by atoms with E-state index in [4.69, 9.17) is 0 Å². The van der Waals surface area contributed by atoms with Gasteiger partial charge in [-0.2, -0.15) is 0 Å². The van der Waals surface area contributed by atoms with E-state index in [-0.39, 0.29) is 5.91 Å². The molecule has 1 saturated heterocycles. The monoisotopic (exact) mass is 232 g/mol. The first-order chi connectivity index (χ1) is 8.33. The Morgan fingerprint density at radius 3 is 2.71 bits per heavy atom. The molecular formula is C14H20N2O. The number of nitrogens with one attached hydrogen (secondary N) is 1. The summed E-state index contributed by atoms with van der Waals surface area (Å²) >= 11 is 0. The lowest BCUT2D eigenvalue weighted by Gasteiger charge is -2.18. The quantitative estimate of drug-likeness (QED) is 0.865. The van der Waals surface area contributed by atoms with E-state index in [1.54, 1.807) is 0 Å². The minimum absolute atomic E-state index is 0.168. The number of likely N-dealkylation sites (tertiary alicyclic amines) is 1. The first kappa shape index (κ1) is 12.0. The van der Waals surface area contributed by atoms with Crippen LogP contribution in [0.1, 0.15) is 36.5 Å². The highest BCUT2D eigenvalue weighted by Crippen LogP contribution is 2.19. The lowest BCUT2D eigenvalue weighted by molar-refractivity contribution is 0.0794. The maximum Gasteiger partial charge on any atom is 0.255 e.